The van der Waals surface area contributed by atoms with Gasteiger partial charge in [0.15, 0.2) is 5.11 Å². The Morgan fingerprint density at radius 1 is 1.13 bits per heavy atom. The number of hydrazone groups is 1. The van der Waals surface area contributed by atoms with E-state index in [2.05, 4.69) is 42.7 Å². The number of aryl methyl sites for hydroxylation is 1. The highest BCUT2D eigenvalue weighted by atomic mass is 35.5. The summed E-state index contributed by atoms with van der Waals surface area (Å²) in [7, 11) is 0. The number of hydrogen-bond acceptors (Lipinski definition) is 2. The maximum absolute atomic E-state index is 5.92. The second-order valence-electron chi connectivity index (χ2n) is 5.23. The van der Waals surface area contributed by atoms with Gasteiger partial charge >= 0.3 is 0 Å². The Morgan fingerprint density at radius 3 is 2.48 bits per heavy atom. The van der Waals surface area contributed by atoms with Crippen molar-refractivity contribution in [2.45, 2.75) is 27.2 Å². The third-order valence-corrected chi connectivity index (χ3v) is 4.10. The van der Waals surface area contributed by atoms with Gasteiger partial charge in [-0.25, -0.2) is 0 Å². The van der Waals surface area contributed by atoms with Gasteiger partial charge in [-0.1, -0.05) is 42.8 Å². The highest BCUT2D eigenvalue weighted by Crippen LogP contribution is 2.17. The Labute approximate surface area is 147 Å². The first-order chi connectivity index (χ1) is 11.0. The molecule has 0 amide bonds. The molecule has 0 spiro atoms. The Bertz CT molecular complexity index is 724. The van der Waals surface area contributed by atoms with Crippen LogP contribution in [0.4, 0.5) is 5.69 Å². The van der Waals surface area contributed by atoms with Crippen LogP contribution >= 0.6 is 23.8 Å². The minimum atomic E-state index is 0.471. The first kappa shape index (κ1) is 17.4. The molecular formula is C18H20ClN3S. The zero-order chi connectivity index (χ0) is 16.8. The van der Waals surface area contributed by atoms with Crippen LogP contribution in [0.1, 0.15) is 30.0 Å². The minimum Gasteiger partial charge on any atom is -0.331 e. The van der Waals surface area contributed by atoms with E-state index in [0.29, 0.717) is 10.1 Å². The van der Waals surface area contributed by atoms with Crippen molar-refractivity contribution in [3.8, 4) is 0 Å². The first-order valence-electron chi connectivity index (χ1n) is 7.47. The van der Waals surface area contributed by atoms with Crippen LogP contribution in [-0.2, 0) is 0 Å². The number of benzene rings is 2. The van der Waals surface area contributed by atoms with Crippen LogP contribution in [-0.4, -0.2) is 10.8 Å². The van der Waals surface area contributed by atoms with Gasteiger partial charge in [0.25, 0.3) is 0 Å². The zero-order valence-electron chi connectivity index (χ0n) is 13.5. The molecule has 23 heavy (non-hydrogen) atoms. The lowest BCUT2D eigenvalue weighted by Crippen LogP contribution is -2.25. The van der Waals surface area contributed by atoms with Crippen LogP contribution in [0.3, 0.4) is 0 Å². The van der Waals surface area contributed by atoms with Gasteiger partial charge in [-0.15, -0.1) is 0 Å². The van der Waals surface area contributed by atoms with Gasteiger partial charge in [0, 0.05) is 10.7 Å². The molecule has 2 N–H and O–H groups in total. The molecule has 0 aliphatic rings. The number of nitrogens with one attached hydrogen (secondary N) is 2. The normalized spacial score (nSPS) is 11.2. The Hall–Kier alpha value is -1.91. The molecule has 0 unspecified atom stereocenters. The fourth-order valence-corrected chi connectivity index (χ4v) is 2.43. The van der Waals surface area contributed by atoms with Crippen LogP contribution in [0.15, 0.2) is 47.6 Å². The summed E-state index contributed by atoms with van der Waals surface area (Å²) in [4.78, 5) is 0. The standard InChI is InChI=1S/C18H20ClN3S/c1-4-16(14-8-10-15(19)11-9-14)21-22-18(23)20-17-7-5-6-12(2)13(17)3/h5-11H,4H2,1-3H3,(H2,20,22,23)/b21-16-. The SMILES string of the molecule is CC/C(=N/NC(=S)Nc1cccc(C)c1C)c1ccc(Cl)cc1. The smallest absolute Gasteiger partial charge is 0.191 e. The van der Waals surface area contributed by atoms with E-state index in [1.807, 2.05) is 36.4 Å². The minimum absolute atomic E-state index is 0.471. The summed E-state index contributed by atoms with van der Waals surface area (Å²) in [6.45, 7) is 6.19. The molecule has 5 heteroatoms. The van der Waals surface area contributed by atoms with Crippen LogP contribution < -0.4 is 10.7 Å². The summed E-state index contributed by atoms with van der Waals surface area (Å²) in [5, 5.41) is 8.78. The summed E-state index contributed by atoms with van der Waals surface area (Å²) in [5.74, 6) is 0. The van der Waals surface area contributed by atoms with Crippen LogP contribution in [0.2, 0.25) is 5.02 Å². The van der Waals surface area contributed by atoms with E-state index < -0.39 is 0 Å². The summed E-state index contributed by atoms with van der Waals surface area (Å²) in [6, 6.07) is 13.7. The first-order valence-corrected chi connectivity index (χ1v) is 8.25. The average Bonchev–Trinajstić information content (AvgIpc) is 2.54. The molecule has 2 rings (SSSR count). The van der Waals surface area contributed by atoms with Crippen molar-refractivity contribution in [3.05, 3.63) is 64.2 Å². The summed E-state index contributed by atoms with van der Waals surface area (Å²) in [5.41, 5.74) is 8.25. The van der Waals surface area contributed by atoms with E-state index in [1.54, 1.807) is 0 Å². The molecule has 2 aromatic carbocycles. The van der Waals surface area contributed by atoms with E-state index in [1.165, 1.54) is 11.1 Å². The predicted octanol–water partition coefficient (Wildman–Crippen LogP) is 5.06. The van der Waals surface area contributed by atoms with Gasteiger partial charge < -0.3 is 5.32 Å². The van der Waals surface area contributed by atoms with Gasteiger partial charge in [-0.2, -0.15) is 5.10 Å². The Balaban J connectivity index is 2.06. The fraction of sp³-hybridized carbons (Fsp3) is 0.222. The average molecular weight is 346 g/mol. The zero-order valence-corrected chi connectivity index (χ0v) is 15.1. The molecule has 120 valence electrons. The molecule has 0 saturated carbocycles. The molecule has 0 fully saturated rings. The highest BCUT2D eigenvalue weighted by molar-refractivity contribution is 7.80. The topological polar surface area (TPSA) is 36.4 Å². The van der Waals surface area contributed by atoms with Crippen molar-refractivity contribution in [2.24, 2.45) is 5.10 Å². The van der Waals surface area contributed by atoms with Gasteiger partial charge in [-0.3, -0.25) is 5.43 Å². The van der Waals surface area contributed by atoms with Crippen LogP contribution in [0.5, 0.6) is 0 Å². The highest BCUT2D eigenvalue weighted by Gasteiger charge is 2.04. The third kappa shape index (κ3) is 4.78. The molecule has 0 aliphatic heterocycles. The number of rotatable bonds is 4. The molecule has 2 aromatic rings. The van der Waals surface area contributed by atoms with Crippen LogP contribution in [0, 0.1) is 13.8 Å². The van der Waals surface area contributed by atoms with Crippen molar-refractivity contribution >= 4 is 40.3 Å². The lowest BCUT2D eigenvalue weighted by molar-refractivity contribution is 1.02. The summed E-state index contributed by atoms with van der Waals surface area (Å²) < 4.78 is 0. The lowest BCUT2D eigenvalue weighted by Gasteiger charge is -2.12. The maximum atomic E-state index is 5.92. The van der Waals surface area contributed by atoms with Crippen molar-refractivity contribution in [2.75, 3.05) is 5.32 Å². The van der Waals surface area contributed by atoms with E-state index in [0.717, 1.165) is 23.4 Å². The predicted molar refractivity (Wildman–Crippen MR) is 104 cm³/mol. The van der Waals surface area contributed by atoms with E-state index >= 15 is 0 Å². The lowest BCUT2D eigenvalue weighted by atomic mass is 10.1. The monoisotopic (exact) mass is 345 g/mol. The molecule has 0 atom stereocenters. The van der Waals surface area contributed by atoms with Crippen molar-refractivity contribution in [3.63, 3.8) is 0 Å². The van der Waals surface area contributed by atoms with Crippen molar-refractivity contribution < 1.29 is 0 Å². The maximum Gasteiger partial charge on any atom is 0.191 e. The second-order valence-corrected chi connectivity index (χ2v) is 6.08. The number of halogens is 1. The fourth-order valence-electron chi connectivity index (χ4n) is 2.15. The summed E-state index contributed by atoms with van der Waals surface area (Å²) in [6.07, 6.45) is 0.792. The molecule has 0 aliphatic carbocycles. The Kier molecular flexibility index (Phi) is 6.13. The molecular weight excluding hydrogens is 326 g/mol. The molecule has 0 heterocycles. The largest absolute Gasteiger partial charge is 0.331 e. The molecule has 0 bridgehead atoms. The van der Waals surface area contributed by atoms with E-state index in [9.17, 15) is 0 Å². The molecule has 3 nitrogen and oxygen atoms in total. The number of nitrogens with zero attached hydrogens (tertiary/aromatic N) is 1. The quantitative estimate of drug-likeness (QED) is 0.462. The molecule has 0 saturated heterocycles. The number of hydrogen-bond donors (Lipinski definition) is 2. The van der Waals surface area contributed by atoms with Crippen LogP contribution in [0.25, 0.3) is 0 Å². The van der Waals surface area contributed by atoms with Crippen molar-refractivity contribution in [1.29, 1.82) is 0 Å². The van der Waals surface area contributed by atoms with E-state index in [4.69, 9.17) is 23.8 Å². The van der Waals surface area contributed by atoms with Gasteiger partial charge in [0.05, 0.1) is 5.71 Å². The van der Waals surface area contributed by atoms with Gasteiger partial charge in [0.1, 0.15) is 0 Å². The third-order valence-electron chi connectivity index (χ3n) is 3.66. The van der Waals surface area contributed by atoms with Crippen molar-refractivity contribution in [1.82, 2.24) is 5.43 Å². The molecule has 0 radical (unpaired) electrons. The second kappa shape index (κ2) is 8.09. The Morgan fingerprint density at radius 2 is 1.83 bits per heavy atom. The molecule has 0 aromatic heterocycles. The van der Waals surface area contributed by atoms with Gasteiger partial charge in [-0.05, 0) is 67.4 Å². The van der Waals surface area contributed by atoms with E-state index in [-0.39, 0.29) is 0 Å². The number of anilines is 1. The van der Waals surface area contributed by atoms with Gasteiger partial charge in [0.2, 0.25) is 0 Å². The summed E-state index contributed by atoms with van der Waals surface area (Å²) >= 11 is 11.2. The number of thiocarbonyl (C=S) groups is 1.